The predicted molar refractivity (Wildman–Crippen MR) is 73.0 cm³/mol. The summed E-state index contributed by atoms with van der Waals surface area (Å²) in [7, 11) is 0. The van der Waals surface area contributed by atoms with Crippen molar-refractivity contribution in [2.75, 3.05) is 5.32 Å². The molecule has 1 saturated carbocycles. The molecular formula is C15H19F2NO2. The highest BCUT2D eigenvalue weighted by Gasteiger charge is 2.20. The van der Waals surface area contributed by atoms with Crippen LogP contribution in [0.1, 0.15) is 49.4 Å². The summed E-state index contributed by atoms with van der Waals surface area (Å²) in [6, 6.07) is 1.79. The molecule has 0 spiro atoms. The van der Waals surface area contributed by atoms with E-state index < -0.39 is 23.2 Å². The number of halogens is 2. The van der Waals surface area contributed by atoms with Crippen molar-refractivity contribution in [1.82, 2.24) is 0 Å². The average molecular weight is 283 g/mol. The lowest BCUT2D eigenvalue weighted by Crippen LogP contribution is -2.20. The van der Waals surface area contributed by atoms with E-state index in [9.17, 15) is 13.6 Å². The minimum Gasteiger partial charge on any atom is -0.478 e. The number of nitrogens with one attached hydrogen (secondary N) is 1. The van der Waals surface area contributed by atoms with Gasteiger partial charge >= 0.3 is 5.97 Å². The second-order valence-electron chi connectivity index (χ2n) is 5.57. The molecule has 1 aromatic carbocycles. The summed E-state index contributed by atoms with van der Waals surface area (Å²) in [4.78, 5) is 10.9. The van der Waals surface area contributed by atoms with E-state index in [1.807, 2.05) is 0 Å². The summed E-state index contributed by atoms with van der Waals surface area (Å²) in [6.07, 6.45) is 5.12. The van der Waals surface area contributed by atoms with Crippen LogP contribution in [0.5, 0.6) is 0 Å². The van der Waals surface area contributed by atoms with Crippen LogP contribution in [0.15, 0.2) is 12.1 Å². The molecule has 0 bridgehead atoms. The van der Waals surface area contributed by atoms with Gasteiger partial charge in [-0.15, -0.1) is 0 Å². The monoisotopic (exact) mass is 283 g/mol. The fourth-order valence-corrected chi connectivity index (χ4v) is 2.67. The molecule has 3 nitrogen and oxygen atoms in total. The Morgan fingerprint density at radius 2 is 1.95 bits per heavy atom. The van der Waals surface area contributed by atoms with Crippen molar-refractivity contribution in [1.29, 1.82) is 0 Å². The Kier molecular flexibility index (Phi) is 4.57. The van der Waals surface area contributed by atoms with Crippen LogP contribution in [-0.4, -0.2) is 17.1 Å². The minimum atomic E-state index is -1.39. The molecule has 0 amide bonds. The molecule has 0 radical (unpaired) electrons. The zero-order valence-electron chi connectivity index (χ0n) is 11.5. The standard InChI is InChI=1S/C15H19F2NO2/c1-9-3-2-4-10(6-5-9)18-14-7-11(15(19)20)12(16)8-13(14)17/h7-10,18H,2-6H2,1H3,(H,19,20). The van der Waals surface area contributed by atoms with E-state index in [2.05, 4.69) is 12.2 Å². The van der Waals surface area contributed by atoms with E-state index in [4.69, 9.17) is 5.11 Å². The lowest BCUT2D eigenvalue weighted by molar-refractivity contribution is 0.0692. The number of hydrogen-bond donors (Lipinski definition) is 2. The molecule has 0 heterocycles. The van der Waals surface area contributed by atoms with Gasteiger partial charge in [0.2, 0.25) is 0 Å². The number of aromatic carboxylic acids is 1. The molecular weight excluding hydrogens is 264 g/mol. The van der Waals surface area contributed by atoms with Crippen LogP contribution in [0.4, 0.5) is 14.5 Å². The van der Waals surface area contributed by atoms with Gasteiger partial charge in [0, 0.05) is 12.1 Å². The summed E-state index contributed by atoms with van der Waals surface area (Å²) in [6.45, 7) is 2.20. The van der Waals surface area contributed by atoms with E-state index >= 15 is 0 Å². The number of rotatable bonds is 3. The number of carboxylic acid groups (broad SMARTS) is 1. The molecule has 2 unspecified atom stereocenters. The molecule has 110 valence electrons. The molecule has 0 saturated heterocycles. The van der Waals surface area contributed by atoms with Crippen LogP contribution in [0.2, 0.25) is 0 Å². The zero-order valence-corrected chi connectivity index (χ0v) is 11.5. The van der Waals surface area contributed by atoms with Gasteiger partial charge in [0.05, 0.1) is 11.3 Å². The Morgan fingerprint density at radius 1 is 1.20 bits per heavy atom. The van der Waals surface area contributed by atoms with Crippen molar-refractivity contribution in [3.05, 3.63) is 29.3 Å². The molecule has 0 aliphatic heterocycles. The molecule has 1 aliphatic rings. The van der Waals surface area contributed by atoms with Crippen molar-refractivity contribution in [3.8, 4) is 0 Å². The van der Waals surface area contributed by atoms with Gasteiger partial charge in [0.1, 0.15) is 11.6 Å². The van der Waals surface area contributed by atoms with Crippen LogP contribution in [0, 0.1) is 17.6 Å². The maximum absolute atomic E-state index is 13.7. The third-order valence-electron chi connectivity index (χ3n) is 3.90. The Balaban J connectivity index is 2.16. The van der Waals surface area contributed by atoms with Crippen molar-refractivity contribution < 1.29 is 18.7 Å². The highest BCUT2D eigenvalue weighted by molar-refractivity contribution is 5.89. The van der Waals surface area contributed by atoms with Crippen LogP contribution < -0.4 is 5.32 Å². The van der Waals surface area contributed by atoms with Gasteiger partial charge in [-0.3, -0.25) is 0 Å². The predicted octanol–water partition coefficient (Wildman–Crippen LogP) is 4.04. The smallest absolute Gasteiger partial charge is 0.338 e. The molecule has 20 heavy (non-hydrogen) atoms. The maximum Gasteiger partial charge on any atom is 0.338 e. The van der Waals surface area contributed by atoms with Gasteiger partial charge in [-0.25, -0.2) is 13.6 Å². The van der Waals surface area contributed by atoms with Gasteiger partial charge in [-0.2, -0.15) is 0 Å². The van der Waals surface area contributed by atoms with Gasteiger partial charge in [0.25, 0.3) is 0 Å². The maximum atomic E-state index is 13.7. The Bertz CT molecular complexity index is 505. The van der Waals surface area contributed by atoms with Crippen LogP contribution >= 0.6 is 0 Å². The first kappa shape index (κ1) is 14.8. The van der Waals surface area contributed by atoms with Gasteiger partial charge < -0.3 is 10.4 Å². The summed E-state index contributed by atoms with van der Waals surface area (Å²) < 4.78 is 27.1. The Labute approximate surface area is 117 Å². The van der Waals surface area contributed by atoms with E-state index in [1.54, 1.807) is 0 Å². The lowest BCUT2D eigenvalue weighted by Gasteiger charge is -2.18. The third kappa shape index (κ3) is 3.46. The number of benzene rings is 1. The number of hydrogen-bond acceptors (Lipinski definition) is 2. The Morgan fingerprint density at radius 3 is 2.65 bits per heavy atom. The van der Waals surface area contributed by atoms with Crippen LogP contribution in [0.3, 0.4) is 0 Å². The number of anilines is 1. The van der Waals surface area contributed by atoms with E-state index in [0.29, 0.717) is 12.0 Å². The van der Waals surface area contributed by atoms with E-state index in [0.717, 1.165) is 38.2 Å². The largest absolute Gasteiger partial charge is 0.478 e. The summed E-state index contributed by atoms with van der Waals surface area (Å²) in [5, 5.41) is 11.9. The highest BCUT2D eigenvalue weighted by Crippen LogP contribution is 2.27. The Hall–Kier alpha value is -1.65. The number of carboxylic acids is 1. The average Bonchev–Trinajstić information content (AvgIpc) is 2.57. The fraction of sp³-hybridized carbons (Fsp3) is 0.533. The lowest BCUT2D eigenvalue weighted by atomic mass is 10.0. The van der Waals surface area contributed by atoms with Gasteiger partial charge in [-0.1, -0.05) is 19.8 Å². The summed E-state index contributed by atoms with van der Waals surface area (Å²) in [5.41, 5.74) is -0.431. The molecule has 1 aromatic rings. The molecule has 2 atom stereocenters. The second-order valence-corrected chi connectivity index (χ2v) is 5.57. The molecule has 5 heteroatoms. The first-order chi connectivity index (χ1) is 9.47. The number of carbonyl (C=O) groups is 1. The highest BCUT2D eigenvalue weighted by atomic mass is 19.1. The topological polar surface area (TPSA) is 49.3 Å². The summed E-state index contributed by atoms with van der Waals surface area (Å²) in [5.74, 6) is -2.52. The molecule has 1 aliphatic carbocycles. The van der Waals surface area contributed by atoms with E-state index in [1.165, 1.54) is 0 Å². The van der Waals surface area contributed by atoms with Crippen molar-refractivity contribution in [2.24, 2.45) is 5.92 Å². The molecule has 1 fully saturated rings. The first-order valence-electron chi connectivity index (χ1n) is 6.96. The second kappa shape index (κ2) is 6.20. The van der Waals surface area contributed by atoms with Crippen molar-refractivity contribution >= 4 is 11.7 Å². The van der Waals surface area contributed by atoms with Crippen molar-refractivity contribution in [3.63, 3.8) is 0 Å². The fourth-order valence-electron chi connectivity index (χ4n) is 2.67. The molecule has 0 aromatic heterocycles. The van der Waals surface area contributed by atoms with Crippen molar-refractivity contribution in [2.45, 2.75) is 45.1 Å². The van der Waals surface area contributed by atoms with Gasteiger partial charge in [-0.05, 0) is 31.2 Å². The van der Waals surface area contributed by atoms with E-state index in [-0.39, 0.29) is 11.7 Å². The minimum absolute atomic E-state index is 0.0725. The quantitative estimate of drug-likeness (QED) is 0.823. The SMILES string of the molecule is CC1CCCC(Nc2cc(C(=O)O)c(F)cc2F)CC1. The molecule has 2 rings (SSSR count). The zero-order chi connectivity index (χ0) is 14.7. The molecule has 2 N–H and O–H groups in total. The van der Waals surface area contributed by atoms with Crippen LogP contribution in [-0.2, 0) is 0 Å². The third-order valence-corrected chi connectivity index (χ3v) is 3.90. The first-order valence-corrected chi connectivity index (χ1v) is 6.96. The van der Waals surface area contributed by atoms with Crippen LogP contribution in [0.25, 0.3) is 0 Å². The summed E-state index contributed by atoms with van der Waals surface area (Å²) >= 11 is 0. The van der Waals surface area contributed by atoms with Gasteiger partial charge in [0.15, 0.2) is 0 Å². The normalized spacial score (nSPS) is 23.1.